The fraction of sp³-hybridized carbons (Fsp3) is 0.185. The number of aliphatic hydroxyl groups is 1. The minimum Gasteiger partial charge on any atom is -0.507 e. The molecule has 0 unspecified atom stereocenters. The van der Waals surface area contributed by atoms with Gasteiger partial charge in [0.1, 0.15) is 17.6 Å². The van der Waals surface area contributed by atoms with Crippen LogP contribution in [-0.4, -0.2) is 27.8 Å². The molecule has 0 spiro atoms. The number of carbonyl (C=O) groups is 2. The average molecular weight is 504 g/mol. The number of Topliss-reactive ketones (excluding diaryl/α,β-unsaturated/α-hetero) is 1. The van der Waals surface area contributed by atoms with Crippen molar-refractivity contribution in [3.63, 3.8) is 0 Å². The Balaban J connectivity index is 1.62. The molecule has 3 aromatic carbocycles. The first-order chi connectivity index (χ1) is 15.9. The molecule has 5 nitrogen and oxygen atoms in total. The van der Waals surface area contributed by atoms with Gasteiger partial charge in [0.2, 0.25) is 0 Å². The number of ether oxygens (including phenoxy) is 1. The number of amides is 1. The Kier molecular flexibility index (Phi) is 5.54. The molecule has 2 heterocycles. The number of rotatable bonds is 4. The second kappa shape index (κ2) is 8.52. The number of halogens is 1. The van der Waals surface area contributed by atoms with Gasteiger partial charge in [-0.25, -0.2) is 0 Å². The molecule has 5 rings (SSSR count). The van der Waals surface area contributed by atoms with Crippen molar-refractivity contribution in [1.82, 2.24) is 4.90 Å². The first kappa shape index (κ1) is 21.5. The SMILES string of the molecule is C[C@H]1Cc2cc(C(O)=C3C(=O)C(=O)N(Cc4ccccc4)[C@H]3c3ccc(Br)cc3)ccc2O1. The van der Waals surface area contributed by atoms with Gasteiger partial charge in [0, 0.05) is 23.0 Å². The third-order valence-electron chi connectivity index (χ3n) is 6.09. The zero-order valence-corrected chi connectivity index (χ0v) is 19.6. The summed E-state index contributed by atoms with van der Waals surface area (Å²) >= 11 is 3.44. The molecule has 3 aromatic rings. The van der Waals surface area contributed by atoms with Gasteiger partial charge in [0.05, 0.1) is 11.6 Å². The van der Waals surface area contributed by atoms with Crippen LogP contribution in [0, 0.1) is 0 Å². The second-order valence-corrected chi connectivity index (χ2v) is 9.33. The van der Waals surface area contributed by atoms with Crippen molar-refractivity contribution < 1.29 is 19.4 Å². The largest absolute Gasteiger partial charge is 0.507 e. The van der Waals surface area contributed by atoms with Gasteiger partial charge in [-0.2, -0.15) is 0 Å². The molecule has 33 heavy (non-hydrogen) atoms. The van der Waals surface area contributed by atoms with Crippen LogP contribution in [0.1, 0.15) is 35.2 Å². The lowest BCUT2D eigenvalue weighted by atomic mass is 9.94. The van der Waals surface area contributed by atoms with E-state index in [0.29, 0.717) is 5.56 Å². The summed E-state index contributed by atoms with van der Waals surface area (Å²) in [7, 11) is 0. The van der Waals surface area contributed by atoms with Gasteiger partial charge in [0.25, 0.3) is 11.7 Å². The summed E-state index contributed by atoms with van der Waals surface area (Å²) in [6.07, 6.45) is 0.797. The number of benzene rings is 3. The smallest absolute Gasteiger partial charge is 0.295 e. The predicted octanol–water partition coefficient (Wildman–Crippen LogP) is 5.39. The van der Waals surface area contributed by atoms with Crippen LogP contribution in [0.15, 0.2) is 82.8 Å². The highest BCUT2D eigenvalue weighted by molar-refractivity contribution is 9.10. The molecule has 6 heteroatoms. The Labute approximate surface area is 200 Å². The maximum absolute atomic E-state index is 13.2. The molecule has 1 N–H and O–H groups in total. The molecule has 1 amide bonds. The molecule has 0 saturated carbocycles. The molecule has 2 aliphatic heterocycles. The van der Waals surface area contributed by atoms with Crippen molar-refractivity contribution in [2.75, 3.05) is 0 Å². The molecule has 2 aliphatic rings. The third kappa shape index (κ3) is 3.95. The normalized spacial score (nSPS) is 21.2. The van der Waals surface area contributed by atoms with E-state index in [1.807, 2.05) is 73.7 Å². The minimum absolute atomic E-state index is 0.0663. The van der Waals surface area contributed by atoms with Crippen LogP contribution >= 0.6 is 15.9 Å². The van der Waals surface area contributed by atoms with Gasteiger partial charge in [-0.15, -0.1) is 0 Å². The van der Waals surface area contributed by atoms with Gasteiger partial charge in [-0.3, -0.25) is 9.59 Å². The molecule has 0 aliphatic carbocycles. The molecule has 0 aromatic heterocycles. The number of likely N-dealkylation sites (tertiary alicyclic amines) is 1. The quantitative estimate of drug-likeness (QED) is 0.294. The fourth-order valence-electron chi connectivity index (χ4n) is 4.54. The van der Waals surface area contributed by atoms with E-state index in [-0.39, 0.29) is 24.0 Å². The van der Waals surface area contributed by atoms with E-state index in [1.54, 1.807) is 6.07 Å². The van der Waals surface area contributed by atoms with E-state index >= 15 is 0 Å². The summed E-state index contributed by atoms with van der Waals surface area (Å²) < 4.78 is 6.65. The van der Waals surface area contributed by atoms with Crippen molar-refractivity contribution in [3.8, 4) is 5.75 Å². The molecule has 2 atom stereocenters. The first-order valence-electron chi connectivity index (χ1n) is 10.8. The van der Waals surface area contributed by atoms with E-state index in [0.717, 1.165) is 33.3 Å². The monoisotopic (exact) mass is 503 g/mol. The highest BCUT2D eigenvalue weighted by Crippen LogP contribution is 2.41. The number of hydrogen-bond acceptors (Lipinski definition) is 4. The first-order valence-corrected chi connectivity index (χ1v) is 11.6. The maximum atomic E-state index is 13.2. The van der Waals surface area contributed by atoms with Crippen molar-refractivity contribution >= 4 is 33.4 Å². The van der Waals surface area contributed by atoms with Crippen LogP contribution < -0.4 is 4.74 Å². The highest BCUT2D eigenvalue weighted by Gasteiger charge is 2.46. The molecule has 1 saturated heterocycles. The van der Waals surface area contributed by atoms with E-state index in [4.69, 9.17) is 4.74 Å². The van der Waals surface area contributed by atoms with Crippen molar-refractivity contribution in [1.29, 1.82) is 0 Å². The van der Waals surface area contributed by atoms with Gasteiger partial charge in [-0.1, -0.05) is 58.4 Å². The summed E-state index contributed by atoms with van der Waals surface area (Å²) in [6, 6.07) is 21.7. The lowest BCUT2D eigenvalue weighted by Gasteiger charge is -2.25. The van der Waals surface area contributed by atoms with Crippen LogP contribution in [0.3, 0.4) is 0 Å². The van der Waals surface area contributed by atoms with Gasteiger partial charge in [0.15, 0.2) is 0 Å². The van der Waals surface area contributed by atoms with Crippen LogP contribution in [0.5, 0.6) is 5.75 Å². The fourth-order valence-corrected chi connectivity index (χ4v) is 4.80. The van der Waals surface area contributed by atoms with E-state index in [2.05, 4.69) is 15.9 Å². The number of aliphatic hydroxyl groups excluding tert-OH is 1. The lowest BCUT2D eigenvalue weighted by molar-refractivity contribution is -0.140. The average Bonchev–Trinajstić information content (AvgIpc) is 3.31. The molecular formula is C27H22BrNO4. The second-order valence-electron chi connectivity index (χ2n) is 8.42. The van der Waals surface area contributed by atoms with Gasteiger partial charge in [-0.05, 0) is 53.9 Å². The summed E-state index contributed by atoms with van der Waals surface area (Å²) in [5.41, 5.74) is 3.25. The van der Waals surface area contributed by atoms with E-state index in [1.165, 1.54) is 4.90 Å². The number of ketones is 1. The molecule has 1 fully saturated rings. The van der Waals surface area contributed by atoms with Gasteiger partial charge < -0.3 is 14.7 Å². The summed E-state index contributed by atoms with van der Waals surface area (Å²) in [5, 5.41) is 11.3. The number of fused-ring (bicyclic) bond motifs is 1. The number of carbonyl (C=O) groups excluding carboxylic acids is 2. The van der Waals surface area contributed by atoms with Gasteiger partial charge >= 0.3 is 0 Å². The standard InChI is InChI=1S/C27H22BrNO4/c1-16-13-20-14-19(9-12-22(20)33-16)25(30)23-24(18-7-10-21(28)11-8-18)29(27(32)26(23)31)15-17-5-3-2-4-6-17/h2-12,14,16,24,30H,13,15H2,1H3/t16-,24-/m0/s1. The molecule has 0 bridgehead atoms. The minimum atomic E-state index is -0.693. The summed E-state index contributed by atoms with van der Waals surface area (Å²) in [6.45, 7) is 2.25. The Morgan fingerprint density at radius 2 is 1.79 bits per heavy atom. The zero-order valence-electron chi connectivity index (χ0n) is 18.0. The Hall–Kier alpha value is -3.38. The Morgan fingerprint density at radius 3 is 2.52 bits per heavy atom. The number of hydrogen-bond donors (Lipinski definition) is 1. The van der Waals surface area contributed by atoms with Crippen molar-refractivity contribution in [3.05, 3.63) is 105 Å². The highest BCUT2D eigenvalue weighted by atomic mass is 79.9. The molecule has 0 radical (unpaired) electrons. The van der Waals surface area contributed by atoms with E-state index in [9.17, 15) is 14.7 Å². The maximum Gasteiger partial charge on any atom is 0.295 e. The molecular weight excluding hydrogens is 482 g/mol. The lowest BCUT2D eigenvalue weighted by Crippen LogP contribution is -2.29. The zero-order chi connectivity index (χ0) is 23.1. The van der Waals surface area contributed by atoms with Crippen LogP contribution in [0.25, 0.3) is 5.76 Å². The van der Waals surface area contributed by atoms with Crippen molar-refractivity contribution in [2.24, 2.45) is 0 Å². The van der Waals surface area contributed by atoms with Crippen LogP contribution in [0.2, 0.25) is 0 Å². The Morgan fingerprint density at radius 1 is 1.06 bits per heavy atom. The summed E-state index contributed by atoms with van der Waals surface area (Å²) in [5.74, 6) is -0.680. The van der Waals surface area contributed by atoms with Crippen LogP contribution in [0.4, 0.5) is 0 Å². The van der Waals surface area contributed by atoms with E-state index < -0.39 is 17.7 Å². The summed E-state index contributed by atoms with van der Waals surface area (Å²) in [4.78, 5) is 27.9. The topological polar surface area (TPSA) is 66.8 Å². The van der Waals surface area contributed by atoms with Crippen molar-refractivity contribution in [2.45, 2.75) is 32.0 Å². The predicted molar refractivity (Wildman–Crippen MR) is 129 cm³/mol. The number of nitrogens with zero attached hydrogens (tertiary/aromatic N) is 1. The third-order valence-corrected chi connectivity index (χ3v) is 6.62. The Bertz CT molecular complexity index is 1270. The molecule has 166 valence electrons. The van der Waals surface area contributed by atoms with Crippen LogP contribution in [-0.2, 0) is 22.6 Å².